The first-order valence-corrected chi connectivity index (χ1v) is 9.31. The van der Waals surface area contributed by atoms with Crippen molar-refractivity contribution < 1.29 is 9.53 Å². The van der Waals surface area contributed by atoms with Crippen molar-refractivity contribution in [2.45, 2.75) is 43.8 Å². The lowest BCUT2D eigenvalue weighted by Crippen LogP contribution is -2.49. The summed E-state index contributed by atoms with van der Waals surface area (Å²) in [5.74, 6) is 0.734. The van der Waals surface area contributed by atoms with Gasteiger partial charge in [0, 0.05) is 41.0 Å². The van der Waals surface area contributed by atoms with Gasteiger partial charge >= 0.3 is 0 Å². The number of nitrogens with one attached hydrogen (secondary N) is 1. The third-order valence-corrected chi connectivity index (χ3v) is 5.90. The molecule has 4 rings (SSSR count). The molecule has 1 N–H and O–H groups in total. The van der Waals surface area contributed by atoms with Gasteiger partial charge in [0.25, 0.3) is 5.91 Å². The summed E-state index contributed by atoms with van der Waals surface area (Å²) in [6, 6.07) is 12.9. The molecule has 2 saturated heterocycles. The molecule has 0 saturated carbocycles. The van der Waals surface area contributed by atoms with Crippen LogP contribution in [0.25, 0.3) is 10.8 Å². The molecule has 0 radical (unpaired) electrons. The summed E-state index contributed by atoms with van der Waals surface area (Å²) < 4.78 is 5.85. The van der Waals surface area contributed by atoms with Gasteiger partial charge in [-0.3, -0.25) is 4.79 Å². The second-order valence-corrected chi connectivity index (χ2v) is 7.55. The zero-order chi connectivity index (χ0) is 17.4. The molecule has 0 aromatic heterocycles. The number of hydrogen-bond acceptors (Lipinski definition) is 3. The highest BCUT2D eigenvalue weighted by atomic mass is 35.5. The quantitative estimate of drug-likeness (QED) is 0.850. The van der Waals surface area contributed by atoms with E-state index in [9.17, 15) is 4.79 Å². The van der Waals surface area contributed by atoms with E-state index in [1.54, 1.807) is 0 Å². The zero-order valence-electron chi connectivity index (χ0n) is 14.8. The van der Waals surface area contributed by atoms with Crippen LogP contribution in [0.4, 0.5) is 0 Å². The van der Waals surface area contributed by atoms with Crippen LogP contribution < -0.4 is 10.1 Å². The lowest BCUT2D eigenvalue weighted by Gasteiger charge is -2.35. The van der Waals surface area contributed by atoms with E-state index in [0.29, 0.717) is 28.9 Å². The second-order valence-electron chi connectivity index (χ2n) is 7.15. The minimum atomic E-state index is 0. The summed E-state index contributed by atoms with van der Waals surface area (Å²) >= 11 is 6.24. The van der Waals surface area contributed by atoms with Gasteiger partial charge in [-0.05, 0) is 37.8 Å². The fourth-order valence-corrected chi connectivity index (χ4v) is 4.38. The summed E-state index contributed by atoms with van der Waals surface area (Å²) in [7, 11) is 1.90. The maximum absolute atomic E-state index is 12.6. The molecular formula is C20H24Cl2N2O2. The Morgan fingerprint density at radius 1 is 1.15 bits per heavy atom. The molecule has 2 heterocycles. The topological polar surface area (TPSA) is 41.6 Å². The second kappa shape index (κ2) is 8.03. The van der Waals surface area contributed by atoms with Gasteiger partial charge in [0.2, 0.25) is 0 Å². The molecule has 4 nitrogen and oxygen atoms in total. The maximum atomic E-state index is 12.6. The number of carbonyl (C=O) groups excluding carboxylic acids is 1. The monoisotopic (exact) mass is 394 g/mol. The van der Waals surface area contributed by atoms with Crippen LogP contribution in [0.5, 0.6) is 5.75 Å². The lowest BCUT2D eigenvalue weighted by molar-refractivity contribution is -0.134. The summed E-state index contributed by atoms with van der Waals surface area (Å²) in [4.78, 5) is 14.5. The molecular weight excluding hydrogens is 371 g/mol. The SMILES string of the molecule is CN(C(=O)COc1ccc(Cl)c2ccccc12)C1CC2CCC(C1)N2.Cl. The normalized spacial score (nSPS) is 24.2. The smallest absolute Gasteiger partial charge is 0.260 e. The predicted octanol–water partition coefficient (Wildman–Crippen LogP) is 4.04. The molecule has 2 aromatic carbocycles. The van der Waals surface area contributed by atoms with Crippen molar-refractivity contribution in [2.24, 2.45) is 0 Å². The van der Waals surface area contributed by atoms with Crippen LogP contribution in [0.15, 0.2) is 36.4 Å². The van der Waals surface area contributed by atoms with Crippen LogP contribution in [0.2, 0.25) is 5.02 Å². The number of halogens is 2. The Kier molecular flexibility index (Phi) is 5.96. The fourth-order valence-electron chi connectivity index (χ4n) is 4.15. The van der Waals surface area contributed by atoms with E-state index in [4.69, 9.17) is 16.3 Å². The molecule has 2 fully saturated rings. The summed E-state index contributed by atoms with van der Waals surface area (Å²) in [5, 5.41) is 6.18. The fraction of sp³-hybridized carbons (Fsp3) is 0.450. The number of fused-ring (bicyclic) bond motifs is 3. The highest BCUT2D eigenvalue weighted by Gasteiger charge is 2.36. The van der Waals surface area contributed by atoms with E-state index >= 15 is 0 Å². The number of benzene rings is 2. The van der Waals surface area contributed by atoms with E-state index < -0.39 is 0 Å². The van der Waals surface area contributed by atoms with Crippen molar-refractivity contribution in [3.8, 4) is 5.75 Å². The van der Waals surface area contributed by atoms with Gasteiger partial charge < -0.3 is 15.0 Å². The van der Waals surface area contributed by atoms with Crippen molar-refractivity contribution in [3.63, 3.8) is 0 Å². The van der Waals surface area contributed by atoms with Crippen LogP contribution in [-0.4, -0.2) is 42.6 Å². The molecule has 1 amide bonds. The summed E-state index contributed by atoms with van der Waals surface area (Å²) in [6.45, 7) is 0.0569. The van der Waals surface area contributed by atoms with Crippen molar-refractivity contribution >= 4 is 40.7 Å². The van der Waals surface area contributed by atoms with E-state index in [2.05, 4.69) is 5.32 Å². The Morgan fingerprint density at radius 3 is 2.50 bits per heavy atom. The zero-order valence-corrected chi connectivity index (χ0v) is 16.4. The number of rotatable bonds is 4. The van der Waals surface area contributed by atoms with Gasteiger partial charge in [0.1, 0.15) is 5.75 Å². The first-order chi connectivity index (χ1) is 12.1. The standard InChI is InChI=1S/C20H23ClN2O2.ClH/c1-23(15-10-13-6-7-14(11-15)22-13)20(24)12-25-19-9-8-18(21)16-4-2-3-5-17(16)19;/h2-5,8-9,13-15,22H,6-7,10-12H2,1H3;1H. The molecule has 2 bridgehead atoms. The number of carbonyl (C=O) groups is 1. The number of amides is 1. The molecule has 2 aliphatic heterocycles. The third-order valence-electron chi connectivity index (χ3n) is 5.57. The average Bonchev–Trinajstić information content (AvgIpc) is 2.98. The van der Waals surface area contributed by atoms with Crippen molar-refractivity contribution in [1.82, 2.24) is 10.2 Å². The number of hydrogen-bond donors (Lipinski definition) is 1. The van der Waals surface area contributed by atoms with Gasteiger partial charge in [-0.25, -0.2) is 0 Å². The summed E-state index contributed by atoms with van der Waals surface area (Å²) in [6.07, 6.45) is 4.55. The number of likely N-dealkylation sites (N-methyl/N-ethyl adjacent to an activating group) is 1. The molecule has 2 atom stereocenters. The van der Waals surface area contributed by atoms with E-state index in [-0.39, 0.29) is 24.9 Å². The number of piperidine rings is 1. The van der Waals surface area contributed by atoms with E-state index in [1.165, 1.54) is 12.8 Å². The van der Waals surface area contributed by atoms with Gasteiger partial charge in [0.05, 0.1) is 0 Å². The van der Waals surface area contributed by atoms with Gasteiger partial charge in [-0.1, -0.05) is 35.9 Å². The van der Waals surface area contributed by atoms with Crippen molar-refractivity contribution in [1.29, 1.82) is 0 Å². The molecule has 0 spiro atoms. The Balaban J connectivity index is 0.00000196. The molecule has 0 aliphatic carbocycles. The van der Waals surface area contributed by atoms with Crippen LogP contribution in [-0.2, 0) is 4.79 Å². The van der Waals surface area contributed by atoms with Gasteiger partial charge in [-0.2, -0.15) is 0 Å². The number of nitrogens with zero attached hydrogens (tertiary/aromatic N) is 1. The molecule has 2 unspecified atom stereocenters. The van der Waals surface area contributed by atoms with Crippen molar-refractivity contribution in [2.75, 3.05) is 13.7 Å². The Morgan fingerprint density at radius 2 is 1.81 bits per heavy atom. The van der Waals surface area contributed by atoms with E-state index in [1.807, 2.05) is 48.3 Å². The first-order valence-electron chi connectivity index (χ1n) is 8.93. The van der Waals surface area contributed by atoms with E-state index in [0.717, 1.165) is 23.6 Å². The molecule has 140 valence electrons. The lowest BCUT2D eigenvalue weighted by atomic mass is 9.98. The van der Waals surface area contributed by atoms with Gasteiger partial charge in [-0.15, -0.1) is 12.4 Å². The largest absolute Gasteiger partial charge is 0.483 e. The number of ether oxygens (including phenoxy) is 1. The van der Waals surface area contributed by atoms with Crippen LogP contribution in [0.1, 0.15) is 25.7 Å². The summed E-state index contributed by atoms with van der Waals surface area (Å²) in [5.41, 5.74) is 0. The highest BCUT2D eigenvalue weighted by Crippen LogP contribution is 2.32. The maximum Gasteiger partial charge on any atom is 0.260 e. The van der Waals surface area contributed by atoms with Crippen LogP contribution in [0, 0.1) is 0 Å². The average molecular weight is 395 g/mol. The Labute approximate surface area is 165 Å². The molecule has 6 heteroatoms. The molecule has 2 aliphatic rings. The van der Waals surface area contributed by atoms with Gasteiger partial charge in [0.15, 0.2) is 6.61 Å². The molecule has 2 aromatic rings. The minimum absolute atomic E-state index is 0. The first kappa shape index (κ1) is 19.3. The Hall–Kier alpha value is -1.49. The van der Waals surface area contributed by atoms with Crippen LogP contribution >= 0.6 is 24.0 Å². The third kappa shape index (κ3) is 3.78. The predicted molar refractivity (Wildman–Crippen MR) is 107 cm³/mol. The van der Waals surface area contributed by atoms with Crippen LogP contribution in [0.3, 0.4) is 0 Å². The minimum Gasteiger partial charge on any atom is -0.483 e. The highest BCUT2D eigenvalue weighted by molar-refractivity contribution is 6.35. The molecule has 26 heavy (non-hydrogen) atoms. The van der Waals surface area contributed by atoms with Crippen molar-refractivity contribution in [3.05, 3.63) is 41.4 Å². The Bertz CT molecular complexity index is 786.